The fraction of sp³-hybridized carbons (Fsp3) is 0.538. The van der Waals surface area contributed by atoms with E-state index in [4.69, 9.17) is 10.2 Å². The number of carboxylic acid groups (broad SMARTS) is 1. The molecule has 0 radical (unpaired) electrons. The lowest BCUT2D eigenvalue weighted by Crippen LogP contribution is -2.42. The van der Waals surface area contributed by atoms with E-state index in [9.17, 15) is 18.4 Å². The van der Waals surface area contributed by atoms with Crippen LogP contribution < -0.4 is 9.80 Å². The van der Waals surface area contributed by atoms with E-state index in [0.29, 0.717) is 42.2 Å². The summed E-state index contributed by atoms with van der Waals surface area (Å²) in [6.45, 7) is 7.15. The first kappa shape index (κ1) is 34.8. The zero-order valence-electron chi connectivity index (χ0n) is 30.8. The summed E-state index contributed by atoms with van der Waals surface area (Å²) >= 11 is 0. The number of anilines is 3. The van der Waals surface area contributed by atoms with E-state index in [0.717, 1.165) is 99.6 Å². The maximum absolute atomic E-state index is 14.7. The molecule has 2 saturated heterocycles. The van der Waals surface area contributed by atoms with Crippen molar-refractivity contribution >= 4 is 29.2 Å². The number of carboxylic acids is 1. The van der Waals surface area contributed by atoms with Crippen LogP contribution in [0.2, 0.25) is 0 Å². The zero-order valence-corrected chi connectivity index (χ0v) is 30.8. The number of aromatic nitrogens is 6. The van der Waals surface area contributed by atoms with Gasteiger partial charge in [0.1, 0.15) is 0 Å². The molecule has 0 bridgehead atoms. The molecule has 7 heterocycles. The SMILES string of the molecule is CC(=O)N1CCc2c(c(N3CCCc4cc(-c5cnn(C)c5)c(C(F)F)cc43)nn2C2CCN(C3CC34CCN(c3ccc(C(=O)O)nn3)CC4)CC2)C1. The van der Waals surface area contributed by atoms with E-state index in [1.165, 1.54) is 18.2 Å². The minimum Gasteiger partial charge on any atom is -0.476 e. The second-order valence-corrected chi connectivity index (χ2v) is 15.8. The number of likely N-dealkylation sites (tertiary alicyclic amines) is 1. The van der Waals surface area contributed by atoms with E-state index in [1.54, 1.807) is 43.2 Å². The van der Waals surface area contributed by atoms with Crippen molar-refractivity contribution in [2.24, 2.45) is 12.5 Å². The Bertz CT molecular complexity index is 2080. The molecule has 3 aromatic heterocycles. The highest BCUT2D eigenvalue weighted by molar-refractivity contribution is 5.85. The molecule has 1 N–H and O–H groups in total. The van der Waals surface area contributed by atoms with Crippen LogP contribution in [-0.4, -0.2) is 102 Å². The number of aromatic carboxylic acids is 1. The Morgan fingerprint density at radius 2 is 1.80 bits per heavy atom. The first-order valence-electron chi connectivity index (χ1n) is 19.2. The Balaban J connectivity index is 0.933. The number of carbonyl (C=O) groups is 2. The Hall–Kier alpha value is -4.92. The van der Waals surface area contributed by atoms with Crippen LogP contribution in [0.3, 0.4) is 0 Å². The highest BCUT2D eigenvalue weighted by Crippen LogP contribution is 2.57. The summed E-state index contributed by atoms with van der Waals surface area (Å²) in [4.78, 5) is 32.7. The predicted octanol–water partition coefficient (Wildman–Crippen LogP) is 5.39. The zero-order chi connectivity index (χ0) is 37.3. The molecule has 1 aromatic carbocycles. The van der Waals surface area contributed by atoms with Gasteiger partial charge in [0, 0.05) is 100.0 Å². The van der Waals surface area contributed by atoms with E-state index in [1.807, 2.05) is 11.0 Å². The summed E-state index contributed by atoms with van der Waals surface area (Å²) in [6.07, 6.45) is 8.48. The summed E-state index contributed by atoms with van der Waals surface area (Å²) < 4.78 is 33.2. The lowest BCUT2D eigenvalue weighted by molar-refractivity contribution is -0.129. The third-order valence-electron chi connectivity index (χ3n) is 12.8. The quantitative estimate of drug-likeness (QED) is 0.263. The van der Waals surface area contributed by atoms with Gasteiger partial charge in [-0.05, 0) is 85.8 Å². The van der Waals surface area contributed by atoms with E-state index >= 15 is 0 Å². The predicted molar refractivity (Wildman–Crippen MR) is 197 cm³/mol. The lowest BCUT2D eigenvalue weighted by atomic mass is 9.91. The van der Waals surface area contributed by atoms with Gasteiger partial charge in [0.15, 0.2) is 17.3 Å². The number of halogens is 2. The van der Waals surface area contributed by atoms with Crippen molar-refractivity contribution in [3.8, 4) is 11.1 Å². The molecule has 1 aliphatic carbocycles. The number of carbonyl (C=O) groups excluding carboxylic acids is 1. The van der Waals surface area contributed by atoms with E-state index in [2.05, 4.69) is 34.7 Å². The Labute approximate surface area is 312 Å². The first-order chi connectivity index (χ1) is 26.1. The molecule has 4 aromatic rings. The van der Waals surface area contributed by atoms with Crippen molar-refractivity contribution in [1.29, 1.82) is 0 Å². The molecule has 284 valence electrons. The molecule has 9 rings (SSSR count). The second-order valence-electron chi connectivity index (χ2n) is 15.8. The molecule has 4 aliphatic heterocycles. The highest BCUT2D eigenvalue weighted by Gasteiger charge is 2.57. The van der Waals surface area contributed by atoms with Crippen LogP contribution in [0.4, 0.5) is 26.1 Å². The van der Waals surface area contributed by atoms with Crippen LogP contribution in [0, 0.1) is 5.41 Å². The minimum absolute atomic E-state index is 0.00808. The number of aryl methyl sites for hydroxylation is 2. The molecule has 3 fully saturated rings. The van der Waals surface area contributed by atoms with Crippen LogP contribution in [0.15, 0.2) is 36.7 Å². The monoisotopic (exact) mass is 740 g/mol. The van der Waals surface area contributed by atoms with Crippen molar-refractivity contribution < 1.29 is 23.5 Å². The molecule has 13 nitrogen and oxygen atoms in total. The third-order valence-corrected chi connectivity index (χ3v) is 12.8. The Morgan fingerprint density at radius 3 is 2.46 bits per heavy atom. The van der Waals surface area contributed by atoms with Crippen molar-refractivity contribution in [2.45, 2.75) is 83.3 Å². The number of rotatable bonds is 7. The summed E-state index contributed by atoms with van der Waals surface area (Å²) in [5.41, 5.74) is 5.48. The second kappa shape index (κ2) is 13.4. The standard InChI is InChI=1S/C39H46F2N10O3/c1-24(52)49-15-9-32-30(23-49)37(50-12-3-4-25-18-28(26-21-42-46(2)22-26)29(36(40)41)19-33(25)50)45-51(32)27-7-13-47(14-8-27)34-20-39(34)10-16-48(17-11-39)35-6-5-31(38(53)54)43-44-35/h5-6,18-19,21-22,27,34,36H,3-4,7-17,20,23H2,1-2H3,(H,53,54). The number of piperidine rings is 2. The van der Waals surface area contributed by atoms with Gasteiger partial charge in [-0.25, -0.2) is 13.6 Å². The third kappa shape index (κ3) is 6.09. The topological polar surface area (TPSA) is 129 Å². The van der Waals surface area contributed by atoms with Crippen LogP contribution in [0.1, 0.15) is 90.8 Å². The van der Waals surface area contributed by atoms with Crippen LogP contribution in [-0.2, 0) is 31.2 Å². The summed E-state index contributed by atoms with van der Waals surface area (Å²) in [6, 6.07) is 7.65. The molecule has 5 aliphatic rings. The van der Waals surface area contributed by atoms with Crippen molar-refractivity contribution in [1.82, 2.24) is 39.6 Å². The number of fused-ring (bicyclic) bond motifs is 2. The largest absolute Gasteiger partial charge is 0.476 e. The van der Waals surface area contributed by atoms with Crippen molar-refractivity contribution in [3.63, 3.8) is 0 Å². The smallest absolute Gasteiger partial charge is 0.356 e. The average molecular weight is 741 g/mol. The normalized spacial score (nSPS) is 21.4. The Kier molecular flexibility index (Phi) is 8.66. The van der Waals surface area contributed by atoms with Gasteiger partial charge in [0.05, 0.1) is 18.8 Å². The first-order valence-corrected chi connectivity index (χ1v) is 19.2. The maximum atomic E-state index is 14.7. The number of nitrogens with zero attached hydrogens (tertiary/aromatic N) is 10. The lowest BCUT2D eigenvalue weighted by Gasteiger charge is -2.38. The van der Waals surface area contributed by atoms with Gasteiger partial charge >= 0.3 is 5.97 Å². The van der Waals surface area contributed by atoms with Gasteiger partial charge in [-0.2, -0.15) is 10.2 Å². The molecular weight excluding hydrogens is 694 g/mol. The summed E-state index contributed by atoms with van der Waals surface area (Å²) in [5, 5.41) is 26.8. The molecule has 1 unspecified atom stereocenters. The van der Waals surface area contributed by atoms with Crippen molar-refractivity contribution in [2.75, 3.05) is 49.1 Å². The van der Waals surface area contributed by atoms with E-state index in [-0.39, 0.29) is 23.2 Å². The summed E-state index contributed by atoms with van der Waals surface area (Å²) in [7, 11) is 1.79. The molecule has 15 heteroatoms. The molecule has 54 heavy (non-hydrogen) atoms. The number of alkyl halides is 2. The number of benzene rings is 1. The molecule has 1 amide bonds. The van der Waals surface area contributed by atoms with Gasteiger partial charge in [0.2, 0.25) is 5.91 Å². The number of hydrogen-bond donors (Lipinski definition) is 1. The Morgan fingerprint density at radius 1 is 1.00 bits per heavy atom. The fourth-order valence-electron chi connectivity index (χ4n) is 9.69. The van der Waals surface area contributed by atoms with Gasteiger partial charge < -0.3 is 19.8 Å². The fourth-order valence-corrected chi connectivity index (χ4v) is 9.69. The minimum atomic E-state index is -2.65. The molecule has 1 saturated carbocycles. The van der Waals surface area contributed by atoms with Gasteiger partial charge in [-0.1, -0.05) is 0 Å². The van der Waals surface area contributed by atoms with Crippen LogP contribution >= 0.6 is 0 Å². The van der Waals surface area contributed by atoms with E-state index < -0.39 is 12.4 Å². The van der Waals surface area contributed by atoms with Crippen LogP contribution in [0.5, 0.6) is 0 Å². The van der Waals surface area contributed by atoms with Crippen molar-refractivity contribution in [3.05, 3.63) is 64.7 Å². The number of amides is 1. The molecule has 1 spiro atoms. The van der Waals surface area contributed by atoms with Crippen LogP contribution in [0.25, 0.3) is 11.1 Å². The molecular formula is C39H46F2N10O3. The van der Waals surface area contributed by atoms with Gasteiger partial charge in [-0.15, -0.1) is 10.2 Å². The maximum Gasteiger partial charge on any atom is 0.356 e. The van der Waals surface area contributed by atoms with Gasteiger partial charge in [-0.3, -0.25) is 19.1 Å². The summed E-state index contributed by atoms with van der Waals surface area (Å²) in [5.74, 6) is 0.487. The average Bonchev–Trinajstić information content (AvgIpc) is 3.48. The van der Waals surface area contributed by atoms with Gasteiger partial charge in [0.25, 0.3) is 6.43 Å². The highest BCUT2D eigenvalue weighted by atomic mass is 19.3. The molecule has 1 atom stereocenters. The number of hydrogen-bond acceptors (Lipinski definition) is 9.